The summed E-state index contributed by atoms with van der Waals surface area (Å²) in [6, 6.07) is 0. The third-order valence-corrected chi connectivity index (χ3v) is 0.264. The van der Waals surface area contributed by atoms with E-state index in [0.717, 1.165) is 0 Å². The number of aliphatic hydroxyl groups excluding tert-OH is 2. The van der Waals surface area contributed by atoms with Crippen LogP contribution in [-0.2, 0) is 0 Å². The summed E-state index contributed by atoms with van der Waals surface area (Å²) in [5, 5.41) is 16.0. The van der Waals surface area contributed by atoms with Crippen molar-refractivity contribution >= 4 is 50.9 Å². The first-order valence-electron chi connectivity index (χ1n) is 1.56. The second-order valence-corrected chi connectivity index (χ2v) is 1.03. The molecule has 0 aliphatic rings. The SMILES string of the molecule is Br.Br.Br.CC(O)CO. The molecule has 5 heteroatoms. The molecule has 2 N–H and O–H groups in total. The van der Waals surface area contributed by atoms with Crippen molar-refractivity contribution in [3.63, 3.8) is 0 Å². The summed E-state index contributed by atoms with van der Waals surface area (Å²) in [5.41, 5.74) is 0. The van der Waals surface area contributed by atoms with Crippen LogP contribution in [0.1, 0.15) is 6.92 Å². The molecule has 0 fully saturated rings. The van der Waals surface area contributed by atoms with Gasteiger partial charge in [0.15, 0.2) is 0 Å². The molecule has 0 aliphatic carbocycles. The Hall–Kier alpha value is 1.36. The third-order valence-electron chi connectivity index (χ3n) is 0.264. The van der Waals surface area contributed by atoms with E-state index in [-0.39, 0.29) is 57.6 Å². The fourth-order valence-corrected chi connectivity index (χ4v) is 0. The minimum atomic E-state index is -0.560. The second kappa shape index (κ2) is 15.8. The molecule has 2 nitrogen and oxygen atoms in total. The van der Waals surface area contributed by atoms with Crippen LogP contribution < -0.4 is 0 Å². The first kappa shape index (κ1) is 22.8. The Morgan fingerprint density at radius 2 is 1.38 bits per heavy atom. The van der Waals surface area contributed by atoms with Crippen LogP contribution in [0.2, 0.25) is 0 Å². The third kappa shape index (κ3) is 26.4. The van der Waals surface area contributed by atoms with Gasteiger partial charge in [0.25, 0.3) is 0 Å². The molecule has 0 aromatic carbocycles. The molecule has 0 saturated carbocycles. The highest BCUT2D eigenvalue weighted by Crippen LogP contribution is 1.68. The van der Waals surface area contributed by atoms with Gasteiger partial charge in [0.1, 0.15) is 0 Å². The molecule has 0 aliphatic heterocycles. The number of hydrogen-bond acceptors (Lipinski definition) is 2. The predicted octanol–water partition coefficient (Wildman–Crippen LogP) is 1.09. The molecule has 0 aromatic heterocycles. The van der Waals surface area contributed by atoms with Crippen LogP contribution in [0.5, 0.6) is 0 Å². The van der Waals surface area contributed by atoms with E-state index >= 15 is 0 Å². The minimum Gasteiger partial charge on any atom is -0.394 e. The molecule has 0 bridgehead atoms. The molecule has 8 heavy (non-hydrogen) atoms. The first-order valence-corrected chi connectivity index (χ1v) is 1.56. The molecule has 0 radical (unpaired) electrons. The Morgan fingerprint density at radius 1 is 1.25 bits per heavy atom. The summed E-state index contributed by atoms with van der Waals surface area (Å²) in [6.45, 7) is 1.39. The molecule has 0 rings (SSSR count). The summed E-state index contributed by atoms with van der Waals surface area (Å²) >= 11 is 0. The highest BCUT2D eigenvalue weighted by atomic mass is 79.9. The summed E-state index contributed by atoms with van der Waals surface area (Å²) in [6.07, 6.45) is -0.560. The normalized spacial score (nSPS) is 9.38. The van der Waals surface area contributed by atoms with Crippen molar-refractivity contribution in [2.45, 2.75) is 13.0 Å². The van der Waals surface area contributed by atoms with E-state index in [4.69, 9.17) is 10.2 Å². The molecule has 0 spiro atoms. The van der Waals surface area contributed by atoms with E-state index in [0.29, 0.717) is 0 Å². The standard InChI is InChI=1S/C3H8O2.3BrH/c1-3(5)2-4;;;/h3-5H,2H2,1H3;3*1H. The molecule has 0 heterocycles. The molecule has 0 amide bonds. The van der Waals surface area contributed by atoms with Crippen LogP contribution in [-0.4, -0.2) is 22.9 Å². The molecular weight excluding hydrogens is 308 g/mol. The topological polar surface area (TPSA) is 40.5 Å². The van der Waals surface area contributed by atoms with Gasteiger partial charge in [0.05, 0.1) is 12.7 Å². The van der Waals surface area contributed by atoms with Gasteiger partial charge >= 0.3 is 0 Å². The van der Waals surface area contributed by atoms with E-state index in [1.165, 1.54) is 6.92 Å². The molecule has 56 valence electrons. The lowest BCUT2D eigenvalue weighted by atomic mass is 10.5. The van der Waals surface area contributed by atoms with Gasteiger partial charge < -0.3 is 10.2 Å². The van der Waals surface area contributed by atoms with Crippen LogP contribution in [0.25, 0.3) is 0 Å². The largest absolute Gasteiger partial charge is 0.394 e. The quantitative estimate of drug-likeness (QED) is 0.760. The smallest absolute Gasteiger partial charge is 0.0742 e. The van der Waals surface area contributed by atoms with Crippen LogP contribution in [0.4, 0.5) is 0 Å². The second-order valence-electron chi connectivity index (χ2n) is 1.03. The summed E-state index contributed by atoms with van der Waals surface area (Å²) in [5.74, 6) is 0. The van der Waals surface area contributed by atoms with E-state index in [9.17, 15) is 0 Å². The lowest BCUT2D eigenvalue weighted by Crippen LogP contribution is -2.03. The summed E-state index contributed by atoms with van der Waals surface area (Å²) in [7, 11) is 0. The summed E-state index contributed by atoms with van der Waals surface area (Å²) < 4.78 is 0. The first-order chi connectivity index (χ1) is 2.27. The van der Waals surface area contributed by atoms with Crippen LogP contribution >= 0.6 is 50.9 Å². The van der Waals surface area contributed by atoms with Gasteiger partial charge in [0.2, 0.25) is 0 Å². The molecule has 0 saturated heterocycles. The molecular formula is C3H11Br3O2. The minimum absolute atomic E-state index is 0. The number of aliphatic hydroxyl groups is 2. The number of hydrogen-bond donors (Lipinski definition) is 2. The van der Waals surface area contributed by atoms with E-state index in [1.54, 1.807) is 0 Å². The lowest BCUT2D eigenvalue weighted by Gasteiger charge is -1.90. The zero-order chi connectivity index (χ0) is 4.28. The fraction of sp³-hybridized carbons (Fsp3) is 1.00. The van der Waals surface area contributed by atoms with Crippen molar-refractivity contribution in [1.29, 1.82) is 0 Å². The predicted molar refractivity (Wildman–Crippen MR) is 49.7 cm³/mol. The monoisotopic (exact) mass is 316 g/mol. The van der Waals surface area contributed by atoms with Crippen molar-refractivity contribution in [3.05, 3.63) is 0 Å². The molecule has 0 aromatic rings. The Kier molecular flexibility index (Phi) is 44.9. The number of rotatable bonds is 1. The van der Waals surface area contributed by atoms with Gasteiger partial charge in [-0.1, -0.05) is 0 Å². The molecule has 1 unspecified atom stereocenters. The van der Waals surface area contributed by atoms with Gasteiger partial charge in [-0.15, -0.1) is 50.9 Å². The zero-order valence-corrected chi connectivity index (χ0v) is 9.54. The number of halogens is 3. The van der Waals surface area contributed by atoms with Gasteiger partial charge in [-0.3, -0.25) is 0 Å². The van der Waals surface area contributed by atoms with Crippen LogP contribution in [0.3, 0.4) is 0 Å². The molecule has 1 atom stereocenters. The van der Waals surface area contributed by atoms with Gasteiger partial charge in [0, 0.05) is 0 Å². The van der Waals surface area contributed by atoms with E-state index in [2.05, 4.69) is 0 Å². The fourth-order valence-electron chi connectivity index (χ4n) is 0. The average molecular weight is 319 g/mol. The van der Waals surface area contributed by atoms with Crippen molar-refractivity contribution < 1.29 is 10.2 Å². The Balaban J connectivity index is -0.0000000267. The van der Waals surface area contributed by atoms with Crippen LogP contribution in [0.15, 0.2) is 0 Å². The zero-order valence-electron chi connectivity index (χ0n) is 4.40. The maximum absolute atomic E-state index is 8.11. The van der Waals surface area contributed by atoms with Gasteiger partial charge in [-0.05, 0) is 6.92 Å². The highest BCUT2D eigenvalue weighted by molar-refractivity contribution is 8.93. The Morgan fingerprint density at radius 3 is 1.38 bits per heavy atom. The van der Waals surface area contributed by atoms with Crippen molar-refractivity contribution in [2.75, 3.05) is 6.61 Å². The van der Waals surface area contributed by atoms with E-state index < -0.39 is 6.10 Å². The Labute approximate surface area is 80.6 Å². The summed E-state index contributed by atoms with van der Waals surface area (Å²) in [4.78, 5) is 0. The maximum atomic E-state index is 8.11. The van der Waals surface area contributed by atoms with Crippen LogP contribution in [0, 0.1) is 0 Å². The van der Waals surface area contributed by atoms with Crippen molar-refractivity contribution in [1.82, 2.24) is 0 Å². The van der Waals surface area contributed by atoms with Crippen molar-refractivity contribution in [3.8, 4) is 0 Å². The highest BCUT2D eigenvalue weighted by Gasteiger charge is 1.83. The Bertz CT molecular complexity index is 26.5. The van der Waals surface area contributed by atoms with Gasteiger partial charge in [-0.2, -0.15) is 0 Å². The average Bonchev–Trinajstić information content (AvgIpc) is 1.38. The lowest BCUT2D eigenvalue weighted by molar-refractivity contribution is 0.110. The van der Waals surface area contributed by atoms with E-state index in [1.807, 2.05) is 0 Å². The maximum Gasteiger partial charge on any atom is 0.0742 e. The van der Waals surface area contributed by atoms with Crippen molar-refractivity contribution in [2.24, 2.45) is 0 Å². The van der Waals surface area contributed by atoms with Gasteiger partial charge in [-0.25, -0.2) is 0 Å².